The van der Waals surface area contributed by atoms with Crippen LogP contribution in [0.25, 0.3) is 0 Å². The predicted octanol–water partition coefficient (Wildman–Crippen LogP) is -0.862. The van der Waals surface area contributed by atoms with Crippen molar-refractivity contribution in [3.8, 4) is 23.0 Å². The molecule has 2 saturated heterocycles. The lowest BCUT2D eigenvalue weighted by atomic mass is 9.95. The fraction of sp³-hybridized carbons (Fsp3) is 0.536. The number of hydrogen-bond acceptors (Lipinski definition) is 14. The van der Waals surface area contributed by atoms with E-state index in [0.29, 0.717) is 11.3 Å². The van der Waals surface area contributed by atoms with Gasteiger partial charge < -0.3 is 64.2 Å². The fourth-order valence-corrected chi connectivity index (χ4v) is 5.11. The number of aliphatic hydroxyl groups is 6. The van der Waals surface area contributed by atoms with Gasteiger partial charge in [0.25, 0.3) is 0 Å². The molecule has 11 atom stereocenters. The Kier molecular flexibility index (Phi) is 8.89. The maximum absolute atomic E-state index is 12.9. The monoisotopic (exact) mass is 594 g/mol. The summed E-state index contributed by atoms with van der Waals surface area (Å²) in [5, 5.41) is 72.1. The Bertz CT molecular complexity index is 1250. The van der Waals surface area contributed by atoms with E-state index in [0.717, 1.165) is 6.07 Å². The summed E-state index contributed by atoms with van der Waals surface area (Å²) in [7, 11) is 1.53. The van der Waals surface area contributed by atoms with Gasteiger partial charge in [-0.2, -0.15) is 0 Å². The molecule has 0 spiro atoms. The van der Waals surface area contributed by atoms with Gasteiger partial charge in [0.1, 0.15) is 77.4 Å². The summed E-state index contributed by atoms with van der Waals surface area (Å²) in [5.41, 5.74) is 0.668. The van der Waals surface area contributed by atoms with E-state index in [1.165, 1.54) is 20.1 Å². The number of carbonyl (C=O) groups excluding carboxylic acids is 1. The van der Waals surface area contributed by atoms with Gasteiger partial charge in [0.05, 0.1) is 26.2 Å². The van der Waals surface area contributed by atoms with Gasteiger partial charge in [0, 0.05) is 12.1 Å². The topological polar surface area (TPSA) is 214 Å². The van der Waals surface area contributed by atoms with Crippen molar-refractivity contribution in [1.82, 2.24) is 0 Å². The van der Waals surface area contributed by atoms with E-state index >= 15 is 0 Å². The number of ketones is 1. The highest BCUT2D eigenvalue weighted by Gasteiger charge is 2.47. The van der Waals surface area contributed by atoms with Crippen LogP contribution in [0.4, 0.5) is 0 Å². The number of carbonyl (C=O) groups is 1. The number of phenolic OH excluding ortho intramolecular Hbond substituents is 1. The van der Waals surface area contributed by atoms with Gasteiger partial charge in [-0.3, -0.25) is 4.79 Å². The van der Waals surface area contributed by atoms with Crippen LogP contribution in [0.15, 0.2) is 36.4 Å². The Hall–Kier alpha value is -3.05. The van der Waals surface area contributed by atoms with Gasteiger partial charge in [0.2, 0.25) is 6.29 Å². The highest BCUT2D eigenvalue weighted by molar-refractivity contribution is 6.02. The van der Waals surface area contributed by atoms with Crippen molar-refractivity contribution in [2.45, 2.75) is 80.9 Å². The largest absolute Gasteiger partial charge is 0.507 e. The number of benzene rings is 2. The number of fused-ring (bicyclic) bond motifs is 1. The van der Waals surface area contributed by atoms with Crippen LogP contribution < -0.4 is 14.2 Å². The third kappa shape index (κ3) is 5.90. The molecule has 42 heavy (non-hydrogen) atoms. The summed E-state index contributed by atoms with van der Waals surface area (Å²) in [5.74, 6) is -0.190. The minimum absolute atomic E-state index is 0.0164. The summed E-state index contributed by atoms with van der Waals surface area (Å²) in [6.45, 7) is 0.995. The number of methoxy groups -OCH3 is 1. The average Bonchev–Trinajstić information content (AvgIpc) is 2.97. The van der Waals surface area contributed by atoms with Crippen molar-refractivity contribution in [1.29, 1.82) is 0 Å². The highest BCUT2D eigenvalue weighted by Crippen LogP contribution is 2.42. The molecule has 3 heterocycles. The van der Waals surface area contributed by atoms with Crippen LogP contribution in [0.3, 0.4) is 0 Å². The van der Waals surface area contributed by atoms with E-state index in [9.17, 15) is 40.5 Å². The molecule has 14 nitrogen and oxygen atoms in total. The molecule has 230 valence electrons. The summed E-state index contributed by atoms with van der Waals surface area (Å²) < 4.78 is 33.4. The molecular weight excluding hydrogens is 560 g/mol. The van der Waals surface area contributed by atoms with Crippen molar-refractivity contribution >= 4 is 5.78 Å². The first kappa shape index (κ1) is 30.4. The first-order valence-electron chi connectivity index (χ1n) is 13.4. The van der Waals surface area contributed by atoms with Gasteiger partial charge in [-0.15, -0.1) is 0 Å². The Morgan fingerprint density at radius 3 is 2.19 bits per heavy atom. The van der Waals surface area contributed by atoms with Gasteiger partial charge in [-0.1, -0.05) is 12.1 Å². The molecule has 14 heteroatoms. The predicted molar refractivity (Wildman–Crippen MR) is 139 cm³/mol. The quantitative estimate of drug-likeness (QED) is 0.208. The Labute approximate surface area is 240 Å². The zero-order chi connectivity index (χ0) is 30.3. The number of hydrogen-bond donors (Lipinski definition) is 7. The molecule has 0 saturated carbocycles. The first-order valence-corrected chi connectivity index (χ1v) is 13.4. The highest BCUT2D eigenvalue weighted by atomic mass is 16.7. The Balaban J connectivity index is 1.29. The number of Topliss-reactive ketones (excluding diaryl/α,β-unsaturated/α-hetero) is 1. The van der Waals surface area contributed by atoms with Crippen LogP contribution in [-0.2, 0) is 14.2 Å². The maximum Gasteiger partial charge on any atom is 0.229 e. The normalized spacial score (nSPS) is 36.6. The Morgan fingerprint density at radius 1 is 0.833 bits per heavy atom. The van der Waals surface area contributed by atoms with Crippen molar-refractivity contribution in [3.63, 3.8) is 0 Å². The lowest BCUT2D eigenvalue weighted by molar-refractivity contribution is -0.318. The lowest BCUT2D eigenvalue weighted by Gasteiger charge is -2.42. The van der Waals surface area contributed by atoms with Gasteiger partial charge >= 0.3 is 0 Å². The van der Waals surface area contributed by atoms with E-state index < -0.39 is 79.9 Å². The lowest BCUT2D eigenvalue weighted by Crippen LogP contribution is -2.61. The number of aliphatic hydroxyl groups excluding tert-OH is 6. The molecule has 2 aromatic rings. The third-order valence-corrected chi connectivity index (χ3v) is 7.62. The first-order chi connectivity index (χ1) is 20.0. The van der Waals surface area contributed by atoms with E-state index in [4.69, 9.17) is 28.4 Å². The van der Waals surface area contributed by atoms with Crippen molar-refractivity contribution in [2.24, 2.45) is 0 Å². The number of rotatable bonds is 7. The minimum Gasteiger partial charge on any atom is -0.507 e. The van der Waals surface area contributed by atoms with Crippen LogP contribution in [0.2, 0.25) is 0 Å². The molecule has 0 aromatic heterocycles. The summed E-state index contributed by atoms with van der Waals surface area (Å²) in [4.78, 5) is 12.9. The van der Waals surface area contributed by atoms with Crippen LogP contribution >= 0.6 is 0 Å². The molecule has 2 unspecified atom stereocenters. The summed E-state index contributed by atoms with van der Waals surface area (Å²) >= 11 is 0. The Morgan fingerprint density at radius 2 is 1.50 bits per heavy atom. The standard InChI is InChI=1S/C28H34O14/c1-11-21(31)23(33)25(35)27(39-11)38-10-19-22(32)24(34)26(36)28(42-19)40-14-7-15(29)20-16(30)9-17(41-18(20)8-14)12-3-5-13(37-2)6-4-12/h3-8,11,17,19,21-29,31-36H,9-10H2,1-2H3/t11-,17?,19+,21-,22+,23+,24-,25+,26+,27?,28+/m0/s1. The van der Waals surface area contributed by atoms with Crippen LogP contribution in [0.5, 0.6) is 23.0 Å². The molecular formula is C28H34O14. The minimum atomic E-state index is -1.75. The third-order valence-electron chi connectivity index (χ3n) is 7.62. The van der Waals surface area contributed by atoms with Gasteiger partial charge in [0.15, 0.2) is 12.1 Å². The van der Waals surface area contributed by atoms with Gasteiger partial charge in [-0.05, 0) is 24.6 Å². The average molecular weight is 595 g/mol. The molecule has 0 amide bonds. The smallest absolute Gasteiger partial charge is 0.229 e. The van der Waals surface area contributed by atoms with Crippen molar-refractivity contribution < 1.29 is 69.0 Å². The molecule has 2 fully saturated rings. The fourth-order valence-electron chi connectivity index (χ4n) is 5.11. The summed E-state index contributed by atoms with van der Waals surface area (Å²) in [6, 6.07) is 9.43. The van der Waals surface area contributed by atoms with Crippen molar-refractivity contribution in [2.75, 3.05) is 13.7 Å². The number of aromatic hydroxyl groups is 1. The van der Waals surface area contributed by atoms with E-state index in [1.54, 1.807) is 24.3 Å². The van der Waals surface area contributed by atoms with Gasteiger partial charge in [-0.25, -0.2) is 0 Å². The number of ether oxygens (including phenoxy) is 6. The van der Waals surface area contributed by atoms with E-state index in [1.807, 2.05) is 0 Å². The second-order valence-corrected chi connectivity index (χ2v) is 10.5. The number of phenols is 1. The molecule has 3 aliphatic rings. The van der Waals surface area contributed by atoms with Crippen LogP contribution in [0, 0.1) is 0 Å². The van der Waals surface area contributed by atoms with E-state index in [-0.39, 0.29) is 29.3 Å². The molecule has 3 aliphatic heterocycles. The molecule has 0 bridgehead atoms. The maximum atomic E-state index is 12.9. The zero-order valence-corrected chi connectivity index (χ0v) is 22.7. The molecule has 0 radical (unpaired) electrons. The van der Waals surface area contributed by atoms with Crippen LogP contribution in [0.1, 0.15) is 35.4 Å². The van der Waals surface area contributed by atoms with E-state index in [2.05, 4.69) is 0 Å². The van der Waals surface area contributed by atoms with Crippen LogP contribution in [-0.4, -0.2) is 117 Å². The molecule has 5 rings (SSSR count). The van der Waals surface area contributed by atoms with Crippen molar-refractivity contribution in [3.05, 3.63) is 47.5 Å². The molecule has 0 aliphatic carbocycles. The SMILES string of the molecule is COc1ccc(C2CC(=O)c3c(O)cc(O[C@@H]4O[C@H](COC5O[C@@H](C)[C@H](O)[C@@H](O)[C@H]5O)[C@@H](O)[C@H](O)[C@H]4O)cc3O2)cc1. The second kappa shape index (κ2) is 12.3. The zero-order valence-electron chi connectivity index (χ0n) is 22.7. The molecule has 7 N–H and O–H groups in total. The summed E-state index contributed by atoms with van der Waals surface area (Å²) in [6.07, 6.45) is -15.4. The molecule has 2 aromatic carbocycles. The second-order valence-electron chi connectivity index (χ2n) is 10.5.